The highest BCUT2D eigenvalue weighted by atomic mass is 16.5. The van der Waals surface area contributed by atoms with Gasteiger partial charge in [-0.25, -0.2) is 0 Å². The number of ether oxygens (including phenoxy) is 1. The molecule has 0 radical (unpaired) electrons. The second kappa shape index (κ2) is 5.98. The number of hydrogen-bond donors (Lipinski definition) is 1. The average Bonchev–Trinajstić information content (AvgIpc) is 2.91. The van der Waals surface area contributed by atoms with Gasteiger partial charge in [-0.15, -0.1) is 0 Å². The largest absolute Gasteiger partial charge is 0.380 e. The van der Waals surface area contributed by atoms with Crippen molar-refractivity contribution in [3.63, 3.8) is 0 Å². The Bertz CT molecular complexity index is 414. The molecule has 1 aliphatic rings. The normalized spacial score (nSPS) is 18.9. The summed E-state index contributed by atoms with van der Waals surface area (Å²) in [5.74, 6) is 0.0849. The average molecular weight is 248 g/mol. The zero-order chi connectivity index (χ0) is 13.0. The molecule has 4 heteroatoms. The molecule has 1 saturated heterocycles. The molecule has 1 amide bonds. The Morgan fingerprint density at radius 3 is 3.06 bits per heavy atom. The minimum atomic E-state index is 0.0849. The number of carbonyl (C=O) groups excluding carboxylic acids is 1. The van der Waals surface area contributed by atoms with Crippen molar-refractivity contribution in [3.8, 4) is 0 Å². The Labute approximate surface area is 108 Å². The smallest absolute Gasteiger partial charge is 0.253 e. The van der Waals surface area contributed by atoms with E-state index in [-0.39, 0.29) is 5.91 Å². The highest BCUT2D eigenvalue weighted by Gasteiger charge is 2.23. The van der Waals surface area contributed by atoms with Crippen LogP contribution in [0.4, 0.5) is 0 Å². The number of methoxy groups -OCH3 is 1. The number of rotatable bonds is 4. The number of amides is 1. The maximum Gasteiger partial charge on any atom is 0.253 e. The Morgan fingerprint density at radius 2 is 2.39 bits per heavy atom. The van der Waals surface area contributed by atoms with E-state index < -0.39 is 0 Å². The zero-order valence-corrected chi connectivity index (χ0v) is 11.0. The molecule has 98 valence electrons. The lowest BCUT2D eigenvalue weighted by atomic mass is 10.1. The molecule has 0 aromatic heterocycles. The first kappa shape index (κ1) is 13.1. The standard InChI is InChI=1S/C14H20N2O2/c1-16(13-6-7-15-9-13)14(17)12-5-3-4-11(8-12)10-18-2/h3-5,8,13,15H,6-7,9-10H2,1-2H3. The van der Waals surface area contributed by atoms with Gasteiger partial charge in [-0.3, -0.25) is 4.79 Å². The Morgan fingerprint density at radius 1 is 1.56 bits per heavy atom. The Hall–Kier alpha value is -1.39. The van der Waals surface area contributed by atoms with Crippen molar-refractivity contribution in [3.05, 3.63) is 35.4 Å². The molecule has 18 heavy (non-hydrogen) atoms. The molecule has 1 fully saturated rings. The van der Waals surface area contributed by atoms with E-state index in [0.717, 1.165) is 30.6 Å². The molecule has 1 heterocycles. The third-order valence-corrected chi connectivity index (χ3v) is 3.39. The highest BCUT2D eigenvalue weighted by Crippen LogP contribution is 2.13. The quantitative estimate of drug-likeness (QED) is 0.872. The van der Waals surface area contributed by atoms with E-state index >= 15 is 0 Å². The fraction of sp³-hybridized carbons (Fsp3) is 0.500. The van der Waals surface area contributed by atoms with Crippen LogP contribution in [0.2, 0.25) is 0 Å². The van der Waals surface area contributed by atoms with Gasteiger partial charge in [-0.2, -0.15) is 0 Å². The van der Waals surface area contributed by atoms with Crippen LogP contribution in [0.1, 0.15) is 22.3 Å². The van der Waals surface area contributed by atoms with Gasteiger partial charge >= 0.3 is 0 Å². The monoisotopic (exact) mass is 248 g/mol. The van der Waals surface area contributed by atoms with Crippen molar-refractivity contribution >= 4 is 5.91 Å². The van der Waals surface area contributed by atoms with Crippen LogP contribution in [0.5, 0.6) is 0 Å². The van der Waals surface area contributed by atoms with E-state index in [1.165, 1.54) is 0 Å². The molecule has 1 aromatic carbocycles. The van der Waals surface area contributed by atoms with Gasteiger partial charge in [0.1, 0.15) is 0 Å². The molecular weight excluding hydrogens is 228 g/mol. The van der Waals surface area contributed by atoms with Crippen LogP contribution >= 0.6 is 0 Å². The first-order valence-corrected chi connectivity index (χ1v) is 6.28. The fourth-order valence-electron chi connectivity index (χ4n) is 2.30. The molecule has 1 unspecified atom stereocenters. The number of benzene rings is 1. The van der Waals surface area contributed by atoms with Crippen LogP contribution in [0.15, 0.2) is 24.3 Å². The topological polar surface area (TPSA) is 41.6 Å². The van der Waals surface area contributed by atoms with Crippen LogP contribution < -0.4 is 5.32 Å². The van der Waals surface area contributed by atoms with Crippen LogP contribution in [0.3, 0.4) is 0 Å². The summed E-state index contributed by atoms with van der Waals surface area (Å²) in [6, 6.07) is 7.95. The van der Waals surface area contributed by atoms with E-state index in [4.69, 9.17) is 4.74 Å². The van der Waals surface area contributed by atoms with E-state index in [9.17, 15) is 4.79 Å². The van der Waals surface area contributed by atoms with Crippen molar-refractivity contribution in [2.75, 3.05) is 27.2 Å². The number of likely N-dealkylation sites (N-methyl/N-ethyl adjacent to an activating group) is 1. The van der Waals surface area contributed by atoms with Gasteiger partial charge in [-0.1, -0.05) is 12.1 Å². The lowest BCUT2D eigenvalue weighted by molar-refractivity contribution is 0.0743. The molecule has 0 spiro atoms. The van der Waals surface area contributed by atoms with Gasteiger partial charge < -0.3 is 15.0 Å². The third-order valence-electron chi connectivity index (χ3n) is 3.39. The SMILES string of the molecule is COCc1cccc(C(=O)N(C)C2CCNC2)c1. The minimum Gasteiger partial charge on any atom is -0.380 e. The van der Waals surface area contributed by atoms with Gasteiger partial charge in [0.25, 0.3) is 5.91 Å². The molecule has 2 rings (SSSR count). The third kappa shape index (κ3) is 2.89. The van der Waals surface area contributed by atoms with Crippen molar-refractivity contribution in [2.24, 2.45) is 0 Å². The number of carbonyl (C=O) groups is 1. The summed E-state index contributed by atoms with van der Waals surface area (Å²) in [6.45, 7) is 2.42. The molecule has 1 aliphatic heterocycles. The van der Waals surface area contributed by atoms with Crippen LogP contribution in [0.25, 0.3) is 0 Å². The Kier molecular flexibility index (Phi) is 4.33. The summed E-state index contributed by atoms with van der Waals surface area (Å²) >= 11 is 0. The van der Waals surface area contributed by atoms with Crippen LogP contribution in [0, 0.1) is 0 Å². The molecular formula is C14H20N2O2. The van der Waals surface area contributed by atoms with Crippen LogP contribution in [-0.2, 0) is 11.3 Å². The number of hydrogen-bond acceptors (Lipinski definition) is 3. The van der Waals surface area contributed by atoms with Crippen molar-refractivity contribution in [1.82, 2.24) is 10.2 Å². The van der Waals surface area contributed by atoms with Gasteiger partial charge in [0.15, 0.2) is 0 Å². The van der Waals surface area contributed by atoms with Gasteiger partial charge in [0.2, 0.25) is 0 Å². The molecule has 0 bridgehead atoms. The maximum absolute atomic E-state index is 12.3. The summed E-state index contributed by atoms with van der Waals surface area (Å²) in [4.78, 5) is 14.2. The summed E-state index contributed by atoms with van der Waals surface area (Å²) in [7, 11) is 3.54. The summed E-state index contributed by atoms with van der Waals surface area (Å²) in [5, 5.41) is 3.28. The van der Waals surface area contributed by atoms with Crippen molar-refractivity contribution in [2.45, 2.75) is 19.1 Å². The number of nitrogens with one attached hydrogen (secondary N) is 1. The zero-order valence-electron chi connectivity index (χ0n) is 11.0. The second-order valence-electron chi connectivity index (χ2n) is 4.70. The first-order valence-electron chi connectivity index (χ1n) is 6.28. The molecule has 0 saturated carbocycles. The van der Waals surface area contributed by atoms with E-state index in [2.05, 4.69) is 5.32 Å². The van der Waals surface area contributed by atoms with E-state index in [0.29, 0.717) is 12.6 Å². The molecule has 1 atom stereocenters. The highest BCUT2D eigenvalue weighted by molar-refractivity contribution is 5.94. The summed E-state index contributed by atoms with van der Waals surface area (Å²) < 4.78 is 5.09. The lowest BCUT2D eigenvalue weighted by Gasteiger charge is -2.24. The minimum absolute atomic E-state index is 0.0849. The van der Waals surface area contributed by atoms with E-state index in [1.807, 2.05) is 36.2 Å². The fourth-order valence-corrected chi connectivity index (χ4v) is 2.30. The number of nitrogens with zero attached hydrogens (tertiary/aromatic N) is 1. The van der Waals surface area contributed by atoms with E-state index in [1.54, 1.807) is 7.11 Å². The predicted molar refractivity (Wildman–Crippen MR) is 70.5 cm³/mol. The first-order chi connectivity index (χ1) is 8.72. The summed E-state index contributed by atoms with van der Waals surface area (Å²) in [6.07, 6.45) is 1.03. The molecule has 4 nitrogen and oxygen atoms in total. The Balaban J connectivity index is 2.09. The summed E-state index contributed by atoms with van der Waals surface area (Å²) in [5.41, 5.74) is 1.76. The maximum atomic E-state index is 12.3. The van der Waals surface area contributed by atoms with Gasteiger partial charge in [0.05, 0.1) is 6.61 Å². The van der Waals surface area contributed by atoms with Gasteiger partial charge in [0, 0.05) is 32.3 Å². The lowest BCUT2D eigenvalue weighted by Crippen LogP contribution is -2.38. The second-order valence-corrected chi connectivity index (χ2v) is 4.70. The molecule has 1 N–H and O–H groups in total. The molecule has 1 aromatic rings. The van der Waals surface area contributed by atoms with Gasteiger partial charge in [-0.05, 0) is 30.7 Å². The predicted octanol–water partition coefficient (Wildman–Crippen LogP) is 1.27. The molecule has 0 aliphatic carbocycles. The van der Waals surface area contributed by atoms with Crippen LogP contribution in [-0.4, -0.2) is 44.1 Å². The van der Waals surface area contributed by atoms with Crippen molar-refractivity contribution < 1.29 is 9.53 Å². The van der Waals surface area contributed by atoms with Crippen molar-refractivity contribution in [1.29, 1.82) is 0 Å².